The first-order valence-electron chi connectivity index (χ1n) is 6.93. The summed E-state index contributed by atoms with van der Waals surface area (Å²) >= 11 is 0. The first-order valence-corrected chi connectivity index (χ1v) is 6.93. The molecule has 0 bridgehead atoms. The zero-order valence-corrected chi connectivity index (χ0v) is 12.9. The largest absolute Gasteiger partial charge is 0.478 e. The maximum atomic E-state index is 11.2. The SMILES string of the molecule is O=C(O)c1cc(C#Cc2cc(C(=O)O)ccc2C(=O)O)cc(C(=O)O)c1. The number of carboxylic acids is 4. The van der Waals surface area contributed by atoms with Crippen LogP contribution in [0.4, 0.5) is 0 Å². The molecule has 8 nitrogen and oxygen atoms in total. The van der Waals surface area contributed by atoms with Crippen molar-refractivity contribution in [1.82, 2.24) is 0 Å². The summed E-state index contributed by atoms with van der Waals surface area (Å²) < 4.78 is 0. The highest BCUT2D eigenvalue weighted by Gasteiger charge is 2.13. The summed E-state index contributed by atoms with van der Waals surface area (Å²) in [5.74, 6) is -0.359. The van der Waals surface area contributed by atoms with E-state index in [2.05, 4.69) is 11.8 Å². The van der Waals surface area contributed by atoms with E-state index in [1.165, 1.54) is 0 Å². The average Bonchev–Trinajstić information content (AvgIpc) is 2.59. The Bertz CT molecular complexity index is 975. The third kappa shape index (κ3) is 4.04. The van der Waals surface area contributed by atoms with Gasteiger partial charge in [-0.3, -0.25) is 0 Å². The second-order valence-electron chi connectivity index (χ2n) is 5.03. The Labute approximate surface area is 146 Å². The van der Waals surface area contributed by atoms with Gasteiger partial charge in [-0.05, 0) is 36.4 Å². The van der Waals surface area contributed by atoms with Crippen LogP contribution in [-0.4, -0.2) is 44.3 Å². The van der Waals surface area contributed by atoms with Crippen LogP contribution < -0.4 is 0 Å². The van der Waals surface area contributed by atoms with Gasteiger partial charge < -0.3 is 20.4 Å². The molecule has 0 heterocycles. The zero-order chi connectivity index (χ0) is 19.4. The highest BCUT2D eigenvalue weighted by atomic mass is 16.4. The fourth-order valence-corrected chi connectivity index (χ4v) is 2.05. The predicted octanol–water partition coefficient (Wildman–Crippen LogP) is 1.88. The fourth-order valence-electron chi connectivity index (χ4n) is 2.05. The standard InChI is InChI=1S/C18H10O8/c19-15(20)11-3-4-14(18(25)26)10(7-11)2-1-9-5-12(16(21)22)8-13(6-9)17(23)24/h3-8H,(H,19,20)(H,21,22)(H,23,24)(H,25,26). The predicted molar refractivity (Wildman–Crippen MR) is 86.7 cm³/mol. The van der Waals surface area contributed by atoms with Gasteiger partial charge in [-0.2, -0.15) is 0 Å². The van der Waals surface area contributed by atoms with E-state index in [0.717, 1.165) is 36.4 Å². The summed E-state index contributed by atoms with van der Waals surface area (Å²) in [7, 11) is 0. The molecule has 0 fully saturated rings. The monoisotopic (exact) mass is 354 g/mol. The van der Waals surface area contributed by atoms with Crippen molar-refractivity contribution in [3.05, 3.63) is 69.8 Å². The molecule has 0 aromatic heterocycles. The van der Waals surface area contributed by atoms with Gasteiger partial charge in [-0.1, -0.05) is 11.8 Å². The van der Waals surface area contributed by atoms with Gasteiger partial charge in [-0.15, -0.1) is 0 Å². The number of rotatable bonds is 4. The van der Waals surface area contributed by atoms with E-state index in [4.69, 9.17) is 20.4 Å². The number of carbonyl (C=O) groups is 4. The van der Waals surface area contributed by atoms with E-state index in [-0.39, 0.29) is 33.4 Å². The third-order valence-electron chi connectivity index (χ3n) is 3.27. The molecule has 26 heavy (non-hydrogen) atoms. The molecule has 0 spiro atoms. The van der Waals surface area contributed by atoms with Crippen LogP contribution in [0.1, 0.15) is 52.6 Å². The summed E-state index contributed by atoms with van der Waals surface area (Å²) in [6.45, 7) is 0. The molecule has 0 radical (unpaired) electrons. The Morgan fingerprint density at radius 3 is 1.62 bits per heavy atom. The minimum atomic E-state index is -1.35. The Hall–Kier alpha value is -4.12. The van der Waals surface area contributed by atoms with Gasteiger partial charge in [0.05, 0.1) is 22.3 Å². The minimum Gasteiger partial charge on any atom is -0.478 e. The Kier molecular flexibility index (Phi) is 5.04. The van der Waals surface area contributed by atoms with Gasteiger partial charge in [0.2, 0.25) is 0 Å². The molecule has 2 aromatic rings. The maximum absolute atomic E-state index is 11.2. The number of benzene rings is 2. The summed E-state index contributed by atoms with van der Waals surface area (Å²) in [6, 6.07) is 6.49. The number of hydrogen-bond acceptors (Lipinski definition) is 4. The molecule has 0 aliphatic heterocycles. The molecule has 0 aliphatic rings. The minimum absolute atomic E-state index is 0.0272. The third-order valence-corrected chi connectivity index (χ3v) is 3.27. The first kappa shape index (κ1) is 18.2. The van der Waals surface area contributed by atoms with Crippen LogP contribution in [0.25, 0.3) is 0 Å². The van der Waals surface area contributed by atoms with Crippen molar-refractivity contribution in [2.75, 3.05) is 0 Å². The van der Waals surface area contributed by atoms with Crippen molar-refractivity contribution in [2.45, 2.75) is 0 Å². The lowest BCUT2D eigenvalue weighted by Crippen LogP contribution is -2.04. The lowest BCUT2D eigenvalue weighted by atomic mass is 10.0. The lowest BCUT2D eigenvalue weighted by molar-refractivity contribution is 0.0681. The summed E-state index contributed by atoms with van der Waals surface area (Å²) in [5, 5.41) is 36.2. The highest BCUT2D eigenvalue weighted by Crippen LogP contribution is 2.14. The Morgan fingerprint density at radius 1 is 0.615 bits per heavy atom. The summed E-state index contributed by atoms with van der Waals surface area (Å²) in [6.07, 6.45) is 0. The molecule has 0 unspecified atom stereocenters. The number of carboxylic acid groups (broad SMARTS) is 4. The van der Waals surface area contributed by atoms with Crippen molar-refractivity contribution in [1.29, 1.82) is 0 Å². The molecule has 0 saturated carbocycles. The zero-order valence-electron chi connectivity index (χ0n) is 12.9. The van der Waals surface area contributed by atoms with Crippen LogP contribution in [0.2, 0.25) is 0 Å². The van der Waals surface area contributed by atoms with Crippen molar-refractivity contribution in [2.24, 2.45) is 0 Å². The van der Waals surface area contributed by atoms with Gasteiger partial charge in [0.25, 0.3) is 0 Å². The van der Waals surface area contributed by atoms with E-state index in [9.17, 15) is 19.2 Å². The highest BCUT2D eigenvalue weighted by molar-refractivity contribution is 5.95. The first-order chi connectivity index (χ1) is 12.2. The van der Waals surface area contributed by atoms with Crippen molar-refractivity contribution in [3.8, 4) is 11.8 Å². The van der Waals surface area contributed by atoms with E-state index < -0.39 is 23.9 Å². The van der Waals surface area contributed by atoms with Crippen LogP contribution in [0.5, 0.6) is 0 Å². The summed E-state index contributed by atoms with van der Waals surface area (Å²) in [5.41, 5.74) is -1.09. The second kappa shape index (κ2) is 7.19. The van der Waals surface area contributed by atoms with E-state index >= 15 is 0 Å². The molecule has 0 saturated heterocycles. The van der Waals surface area contributed by atoms with Crippen LogP contribution in [0.15, 0.2) is 36.4 Å². The Morgan fingerprint density at radius 2 is 1.15 bits per heavy atom. The van der Waals surface area contributed by atoms with Gasteiger partial charge in [0.15, 0.2) is 0 Å². The van der Waals surface area contributed by atoms with Crippen LogP contribution in [0.3, 0.4) is 0 Å². The van der Waals surface area contributed by atoms with Crippen LogP contribution in [0, 0.1) is 11.8 Å². The smallest absolute Gasteiger partial charge is 0.336 e. The molecule has 0 atom stereocenters. The second-order valence-corrected chi connectivity index (χ2v) is 5.03. The molecule has 0 aliphatic carbocycles. The normalized spacial score (nSPS) is 9.69. The average molecular weight is 354 g/mol. The van der Waals surface area contributed by atoms with E-state index in [1.807, 2.05) is 0 Å². The molecule has 0 amide bonds. The summed E-state index contributed by atoms with van der Waals surface area (Å²) in [4.78, 5) is 44.4. The molecule has 2 aromatic carbocycles. The molecule has 4 N–H and O–H groups in total. The van der Waals surface area contributed by atoms with E-state index in [0.29, 0.717) is 0 Å². The molecular weight excluding hydrogens is 344 g/mol. The van der Waals surface area contributed by atoms with Crippen molar-refractivity contribution in [3.63, 3.8) is 0 Å². The van der Waals surface area contributed by atoms with Crippen LogP contribution in [-0.2, 0) is 0 Å². The van der Waals surface area contributed by atoms with Crippen molar-refractivity contribution >= 4 is 23.9 Å². The lowest BCUT2D eigenvalue weighted by Gasteiger charge is -2.02. The quantitative estimate of drug-likeness (QED) is 0.608. The topological polar surface area (TPSA) is 149 Å². The fraction of sp³-hybridized carbons (Fsp3) is 0. The number of aromatic carboxylic acids is 4. The molecule has 2 rings (SSSR count). The molecular formula is C18H10O8. The van der Waals surface area contributed by atoms with Crippen LogP contribution >= 0.6 is 0 Å². The van der Waals surface area contributed by atoms with Gasteiger partial charge >= 0.3 is 23.9 Å². The number of hydrogen-bond donors (Lipinski definition) is 4. The Balaban J connectivity index is 2.60. The molecule has 8 heteroatoms. The van der Waals surface area contributed by atoms with Gasteiger partial charge in [0.1, 0.15) is 0 Å². The van der Waals surface area contributed by atoms with Crippen molar-refractivity contribution < 1.29 is 39.6 Å². The van der Waals surface area contributed by atoms with Gasteiger partial charge in [0, 0.05) is 11.1 Å². The molecule has 130 valence electrons. The van der Waals surface area contributed by atoms with Gasteiger partial charge in [-0.25, -0.2) is 19.2 Å². The maximum Gasteiger partial charge on any atom is 0.336 e. The van der Waals surface area contributed by atoms with E-state index in [1.54, 1.807) is 0 Å².